The smallest absolute Gasteiger partial charge is 0.338 e. The first-order chi connectivity index (χ1) is 8.56. The van der Waals surface area contributed by atoms with Crippen molar-refractivity contribution in [3.8, 4) is 0 Å². The summed E-state index contributed by atoms with van der Waals surface area (Å²) in [6, 6.07) is 3.81. The van der Waals surface area contributed by atoms with E-state index in [1.54, 1.807) is 0 Å². The summed E-state index contributed by atoms with van der Waals surface area (Å²) in [5, 5.41) is 9.54. The summed E-state index contributed by atoms with van der Waals surface area (Å²) in [7, 11) is 0. The van der Waals surface area contributed by atoms with Gasteiger partial charge in [0.1, 0.15) is 16.0 Å². The highest BCUT2D eigenvalue weighted by Crippen LogP contribution is 2.27. The van der Waals surface area contributed by atoms with Crippen LogP contribution in [-0.4, -0.2) is 21.0 Å². The molecule has 18 heavy (non-hydrogen) atoms. The number of carbonyl (C=O) groups is 1. The molecule has 1 N–H and O–H groups in total. The maximum atomic E-state index is 13.2. The van der Waals surface area contributed by atoms with E-state index in [1.807, 2.05) is 0 Å². The van der Waals surface area contributed by atoms with E-state index in [9.17, 15) is 9.18 Å². The van der Waals surface area contributed by atoms with E-state index in [2.05, 4.69) is 9.97 Å². The lowest BCUT2D eigenvalue weighted by Crippen LogP contribution is -2.00. The monoisotopic (exact) mass is 284 g/mol. The van der Waals surface area contributed by atoms with Gasteiger partial charge in [-0.25, -0.2) is 14.2 Å². The molecule has 0 aliphatic carbocycles. The molecule has 7 heteroatoms. The highest BCUT2D eigenvalue weighted by Gasteiger charge is 2.11. The van der Waals surface area contributed by atoms with Crippen molar-refractivity contribution in [2.45, 2.75) is 9.92 Å². The van der Waals surface area contributed by atoms with Crippen molar-refractivity contribution in [1.82, 2.24) is 9.97 Å². The molecule has 1 heterocycles. The van der Waals surface area contributed by atoms with Crippen LogP contribution in [0.1, 0.15) is 10.4 Å². The fourth-order valence-electron chi connectivity index (χ4n) is 1.23. The molecule has 1 aromatic carbocycles. The standard InChI is InChI=1S/C11H6ClFN2O2S/c12-9-4-14-5-10(15-9)18-6-1-2-8(13)7(3-6)11(16)17/h1-5H,(H,16,17). The van der Waals surface area contributed by atoms with E-state index < -0.39 is 11.8 Å². The maximum absolute atomic E-state index is 13.2. The molecule has 0 radical (unpaired) electrons. The lowest BCUT2D eigenvalue weighted by Gasteiger charge is -2.03. The van der Waals surface area contributed by atoms with Crippen LogP contribution >= 0.6 is 23.4 Å². The Balaban J connectivity index is 2.30. The van der Waals surface area contributed by atoms with Gasteiger partial charge in [-0.15, -0.1) is 0 Å². The summed E-state index contributed by atoms with van der Waals surface area (Å²) in [6.45, 7) is 0. The summed E-state index contributed by atoms with van der Waals surface area (Å²) >= 11 is 6.83. The Kier molecular flexibility index (Phi) is 3.78. The van der Waals surface area contributed by atoms with Gasteiger partial charge in [-0.1, -0.05) is 23.4 Å². The third kappa shape index (κ3) is 2.96. The van der Waals surface area contributed by atoms with Gasteiger partial charge in [-0.05, 0) is 18.2 Å². The molecule has 0 unspecified atom stereocenters. The molecule has 4 nitrogen and oxygen atoms in total. The molecule has 0 saturated heterocycles. The van der Waals surface area contributed by atoms with Crippen molar-refractivity contribution in [2.24, 2.45) is 0 Å². The molecule has 92 valence electrons. The molecule has 2 rings (SSSR count). The zero-order valence-electron chi connectivity index (χ0n) is 8.80. The number of rotatable bonds is 3. The van der Waals surface area contributed by atoms with Crippen molar-refractivity contribution < 1.29 is 14.3 Å². The van der Waals surface area contributed by atoms with E-state index in [0.29, 0.717) is 9.92 Å². The van der Waals surface area contributed by atoms with E-state index in [-0.39, 0.29) is 10.7 Å². The Morgan fingerprint density at radius 2 is 2.17 bits per heavy atom. The van der Waals surface area contributed by atoms with Gasteiger partial charge in [0.2, 0.25) is 0 Å². The molecule has 0 spiro atoms. The molecular weight excluding hydrogens is 279 g/mol. The number of hydrogen-bond donors (Lipinski definition) is 1. The second-order valence-electron chi connectivity index (χ2n) is 3.23. The number of carboxylic acids is 1. The number of benzene rings is 1. The van der Waals surface area contributed by atoms with Gasteiger partial charge in [0.05, 0.1) is 18.0 Å². The second kappa shape index (κ2) is 5.32. The van der Waals surface area contributed by atoms with E-state index in [4.69, 9.17) is 16.7 Å². The molecule has 0 saturated carbocycles. The molecule has 0 atom stereocenters. The van der Waals surface area contributed by atoms with Gasteiger partial charge in [0.15, 0.2) is 0 Å². The Morgan fingerprint density at radius 1 is 1.39 bits per heavy atom. The first-order valence-corrected chi connectivity index (χ1v) is 5.94. The van der Waals surface area contributed by atoms with Crippen LogP contribution < -0.4 is 0 Å². The van der Waals surface area contributed by atoms with E-state index in [1.165, 1.54) is 24.5 Å². The van der Waals surface area contributed by atoms with Crippen LogP contribution in [0.3, 0.4) is 0 Å². The zero-order valence-corrected chi connectivity index (χ0v) is 10.4. The van der Waals surface area contributed by atoms with E-state index in [0.717, 1.165) is 17.8 Å². The Hall–Kier alpha value is -1.66. The highest BCUT2D eigenvalue weighted by atomic mass is 35.5. The average Bonchev–Trinajstić information content (AvgIpc) is 2.31. The number of halogens is 2. The van der Waals surface area contributed by atoms with Crippen LogP contribution in [0.25, 0.3) is 0 Å². The molecular formula is C11H6ClFN2O2S. The summed E-state index contributed by atoms with van der Waals surface area (Å²) < 4.78 is 13.2. The van der Waals surface area contributed by atoms with Crippen LogP contribution in [0.5, 0.6) is 0 Å². The van der Waals surface area contributed by atoms with Crippen molar-refractivity contribution in [1.29, 1.82) is 0 Å². The number of nitrogens with zero attached hydrogens (tertiary/aromatic N) is 2. The van der Waals surface area contributed by atoms with Gasteiger partial charge >= 0.3 is 5.97 Å². The summed E-state index contributed by atoms with van der Waals surface area (Å²) in [4.78, 5) is 19.2. The molecule has 0 aliphatic heterocycles. The lowest BCUT2D eigenvalue weighted by molar-refractivity contribution is 0.0691. The molecule has 0 amide bonds. The van der Waals surface area contributed by atoms with Crippen molar-refractivity contribution in [3.05, 3.63) is 47.1 Å². The molecule has 2 aromatic rings. The highest BCUT2D eigenvalue weighted by molar-refractivity contribution is 7.99. The fraction of sp³-hybridized carbons (Fsp3) is 0. The van der Waals surface area contributed by atoms with Gasteiger partial charge < -0.3 is 5.11 Å². The van der Waals surface area contributed by atoms with Crippen molar-refractivity contribution >= 4 is 29.3 Å². The minimum Gasteiger partial charge on any atom is -0.478 e. The van der Waals surface area contributed by atoms with Gasteiger partial charge in [-0.2, -0.15) is 0 Å². The Bertz CT molecular complexity index is 609. The summed E-state index contributed by atoms with van der Waals surface area (Å²) in [6.07, 6.45) is 2.87. The first-order valence-electron chi connectivity index (χ1n) is 4.74. The van der Waals surface area contributed by atoms with Crippen LogP contribution in [0.4, 0.5) is 4.39 Å². The third-order valence-electron chi connectivity index (χ3n) is 1.97. The molecule has 0 fully saturated rings. The average molecular weight is 285 g/mol. The summed E-state index contributed by atoms with van der Waals surface area (Å²) in [5.74, 6) is -2.09. The van der Waals surface area contributed by atoms with Crippen LogP contribution in [0.15, 0.2) is 40.5 Å². The van der Waals surface area contributed by atoms with Gasteiger partial charge in [0, 0.05) is 4.90 Å². The fourth-order valence-corrected chi connectivity index (χ4v) is 2.24. The van der Waals surface area contributed by atoms with Crippen molar-refractivity contribution in [3.63, 3.8) is 0 Å². The van der Waals surface area contributed by atoms with Gasteiger partial charge in [0.25, 0.3) is 0 Å². The topological polar surface area (TPSA) is 63.1 Å². The maximum Gasteiger partial charge on any atom is 0.338 e. The van der Waals surface area contributed by atoms with Crippen LogP contribution in [0.2, 0.25) is 5.15 Å². The number of carboxylic acid groups (broad SMARTS) is 1. The quantitative estimate of drug-likeness (QED) is 0.938. The Morgan fingerprint density at radius 3 is 2.83 bits per heavy atom. The Labute approximate surface area is 111 Å². The minimum atomic E-state index is -1.31. The molecule has 1 aromatic heterocycles. The van der Waals surface area contributed by atoms with Crippen LogP contribution in [-0.2, 0) is 0 Å². The lowest BCUT2D eigenvalue weighted by atomic mass is 10.2. The number of aromatic carboxylic acids is 1. The SMILES string of the molecule is O=C(O)c1cc(Sc2cncc(Cl)n2)ccc1F. The number of hydrogen-bond acceptors (Lipinski definition) is 4. The third-order valence-corrected chi connectivity index (χ3v) is 3.05. The van der Waals surface area contributed by atoms with Crippen molar-refractivity contribution in [2.75, 3.05) is 0 Å². The zero-order chi connectivity index (χ0) is 13.1. The number of aromatic nitrogens is 2. The normalized spacial score (nSPS) is 10.3. The second-order valence-corrected chi connectivity index (χ2v) is 4.71. The predicted molar refractivity (Wildman–Crippen MR) is 64.5 cm³/mol. The van der Waals surface area contributed by atoms with Gasteiger partial charge in [-0.3, -0.25) is 4.98 Å². The first kappa shape index (κ1) is 12.8. The minimum absolute atomic E-state index is 0.237. The largest absolute Gasteiger partial charge is 0.478 e. The molecule has 0 bridgehead atoms. The summed E-state index contributed by atoms with van der Waals surface area (Å²) in [5.41, 5.74) is -0.380. The van der Waals surface area contributed by atoms with Crippen LogP contribution in [0, 0.1) is 5.82 Å². The molecule has 0 aliphatic rings. The van der Waals surface area contributed by atoms with E-state index >= 15 is 0 Å². The predicted octanol–water partition coefficient (Wildman–Crippen LogP) is 3.12.